The molecule has 4 rings (SSSR count). The lowest BCUT2D eigenvalue weighted by atomic mass is 10.0. The molecule has 8 heteroatoms. The molecular weight excluding hydrogens is 522 g/mol. The zero-order valence-electron chi connectivity index (χ0n) is 24.5. The quantitative estimate of drug-likeness (QED) is 0.175. The molecule has 42 heavy (non-hydrogen) atoms. The molecule has 1 amide bonds. The molecule has 4 aromatic rings. The second-order valence-corrected chi connectivity index (χ2v) is 9.74. The van der Waals surface area contributed by atoms with Gasteiger partial charge in [-0.05, 0) is 95.3 Å². The molecule has 0 spiro atoms. The number of nitrogens with two attached hydrogens (primary N) is 1. The zero-order valence-corrected chi connectivity index (χ0v) is 24.5. The molecule has 0 saturated heterocycles. The van der Waals surface area contributed by atoms with Gasteiger partial charge in [-0.15, -0.1) is 0 Å². The number of hydrogen-bond donors (Lipinski definition) is 4. The number of nitrogens with one attached hydrogen (secondary N) is 3. The summed E-state index contributed by atoms with van der Waals surface area (Å²) in [7, 11) is 1.73. The van der Waals surface area contributed by atoms with Gasteiger partial charge in [0.2, 0.25) is 5.91 Å². The lowest BCUT2D eigenvalue weighted by molar-refractivity contribution is -0.117. The zero-order chi connectivity index (χ0) is 30.1. The Balaban J connectivity index is 1.86. The molecule has 0 fully saturated rings. The Morgan fingerprint density at radius 2 is 1.81 bits per heavy atom. The van der Waals surface area contributed by atoms with Crippen LogP contribution in [0.5, 0.6) is 0 Å². The Labute approximate surface area is 246 Å². The van der Waals surface area contributed by atoms with Crippen molar-refractivity contribution < 1.29 is 4.79 Å². The average Bonchev–Trinajstić information content (AvgIpc) is 3.01. The predicted molar refractivity (Wildman–Crippen MR) is 171 cm³/mol. The Hall–Kier alpha value is -5.26. The van der Waals surface area contributed by atoms with E-state index in [9.17, 15) is 4.79 Å². The van der Waals surface area contributed by atoms with E-state index in [4.69, 9.17) is 10.7 Å². The third kappa shape index (κ3) is 7.47. The van der Waals surface area contributed by atoms with Crippen molar-refractivity contribution in [2.75, 3.05) is 12.4 Å². The van der Waals surface area contributed by atoms with Crippen LogP contribution in [0.25, 0.3) is 22.3 Å². The topological polar surface area (TPSA) is 118 Å². The molecule has 0 radical (unpaired) electrons. The number of anilines is 1. The summed E-state index contributed by atoms with van der Waals surface area (Å²) >= 11 is 0. The van der Waals surface area contributed by atoms with Crippen molar-refractivity contribution in [2.45, 2.75) is 33.7 Å². The smallest absolute Gasteiger partial charge is 0.242 e. The number of likely N-dealkylation sites (N-methyl/N-ethyl adjacent to an activating group) is 1. The van der Waals surface area contributed by atoms with Crippen LogP contribution in [0.2, 0.25) is 0 Å². The minimum atomic E-state index is -0.393. The maximum Gasteiger partial charge on any atom is 0.242 e. The molecule has 5 N–H and O–H groups in total. The number of amides is 1. The first kappa shape index (κ1) is 29.7. The van der Waals surface area contributed by atoms with E-state index >= 15 is 0 Å². The molecule has 1 unspecified atom stereocenters. The number of benzene rings is 1. The van der Waals surface area contributed by atoms with Crippen LogP contribution in [0.15, 0.2) is 90.9 Å². The van der Waals surface area contributed by atoms with Gasteiger partial charge >= 0.3 is 0 Å². The number of aromatic nitrogens is 3. The molecule has 0 aliphatic heterocycles. The second-order valence-electron chi connectivity index (χ2n) is 9.74. The van der Waals surface area contributed by atoms with Crippen LogP contribution in [-0.4, -0.2) is 33.9 Å². The van der Waals surface area contributed by atoms with E-state index in [1.165, 1.54) is 0 Å². The van der Waals surface area contributed by atoms with Crippen LogP contribution in [0.1, 0.15) is 48.8 Å². The van der Waals surface area contributed by atoms with E-state index in [1.54, 1.807) is 32.4 Å². The lowest BCUT2D eigenvalue weighted by Crippen LogP contribution is -2.35. The van der Waals surface area contributed by atoms with Gasteiger partial charge < -0.3 is 21.7 Å². The number of allylic oxidation sites excluding steroid dienone is 3. The van der Waals surface area contributed by atoms with E-state index in [0.717, 1.165) is 33.3 Å². The van der Waals surface area contributed by atoms with Crippen molar-refractivity contribution in [3.63, 3.8) is 0 Å². The Morgan fingerprint density at radius 1 is 1.02 bits per heavy atom. The molecule has 1 aromatic carbocycles. The van der Waals surface area contributed by atoms with Gasteiger partial charge in [0.15, 0.2) is 0 Å². The summed E-state index contributed by atoms with van der Waals surface area (Å²) in [5.74, 6) is 6.66. The highest BCUT2D eigenvalue weighted by Crippen LogP contribution is 2.24. The van der Waals surface area contributed by atoms with E-state index in [1.807, 2.05) is 87.7 Å². The molecule has 8 nitrogen and oxygen atoms in total. The van der Waals surface area contributed by atoms with Gasteiger partial charge in [-0.2, -0.15) is 0 Å². The molecule has 0 aliphatic carbocycles. The minimum absolute atomic E-state index is 0.205. The van der Waals surface area contributed by atoms with Crippen molar-refractivity contribution in [3.8, 4) is 11.8 Å². The van der Waals surface area contributed by atoms with Gasteiger partial charge in [-0.25, -0.2) is 4.98 Å². The van der Waals surface area contributed by atoms with E-state index in [0.29, 0.717) is 28.5 Å². The number of carbonyl (C=O) groups excluding carboxylic acids is 1. The summed E-state index contributed by atoms with van der Waals surface area (Å²) in [6, 6.07) is 16.8. The highest BCUT2D eigenvalue weighted by molar-refractivity contribution is 5.94. The van der Waals surface area contributed by atoms with Crippen molar-refractivity contribution in [1.29, 1.82) is 0 Å². The van der Waals surface area contributed by atoms with Gasteiger partial charge in [0.25, 0.3) is 0 Å². The van der Waals surface area contributed by atoms with Gasteiger partial charge in [0.05, 0.1) is 23.0 Å². The molecular formula is C34H35N7O. The first-order valence-corrected chi connectivity index (χ1v) is 13.6. The molecule has 0 bridgehead atoms. The number of rotatable bonds is 8. The van der Waals surface area contributed by atoms with E-state index in [2.05, 4.69) is 37.8 Å². The molecule has 1 atom stereocenters. The predicted octanol–water partition coefficient (Wildman–Crippen LogP) is 5.13. The third-order valence-electron chi connectivity index (χ3n) is 6.69. The Kier molecular flexibility index (Phi) is 9.82. The fourth-order valence-electron chi connectivity index (χ4n) is 3.96. The molecule has 3 aromatic heterocycles. The maximum atomic E-state index is 12.6. The van der Waals surface area contributed by atoms with Crippen LogP contribution in [-0.2, 0) is 4.79 Å². The average molecular weight is 558 g/mol. The standard InChI is InChI=1S/C34H35N7O/c1-6-22(2)15-20-38-33(32(35)26-16-18-37-19-17-26)28-11-14-31(41-34(42)24(4)36-5)40-30(28)13-9-25-8-12-29-27(21-25)10-7-23(3)39-29/h6-8,10-12,14-21,24,36,38H,35H2,1-5H3,(H,40,41,42)/b20-15-,22-6-,33-32-. The number of pyridine rings is 3. The molecule has 0 saturated carbocycles. The third-order valence-corrected chi connectivity index (χ3v) is 6.69. The SMILES string of the molecule is C/C=C(C)\C=C/N/C(=C(\N)c1ccncc1)c1ccc(NC(=O)C(C)NC)nc1C#Cc1ccc2nc(C)ccc2c1. The number of fused-ring (bicyclic) bond motifs is 1. The van der Waals surface area contributed by atoms with Gasteiger partial charge in [-0.1, -0.05) is 23.6 Å². The van der Waals surface area contributed by atoms with Crippen LogP contribution in [0, 0.1) is 18.8 Å². The maximum absolute atomic E-state index is 12.6. The summed E-state index contributed by atoms with van der Waals surface area (Å²) in [5, 5.41) is 10.2. The normalized spacial score (nSPS) is 12.8. The van der Waals surface area contributed by atoms with Crippen molar-refractivity contribution in [3.05, 3.63) is 119 Å². The molecule has 212 valence electrons. The molecule has 3 heterocycles. The van der Waals surface area contributed by atoms with Gasteiger partial charge in [0, 0.05) is 46.4 Å². The fraction of sp³-hybridized carbons (Fsp3) is 0.176. The Morgan fingerprint density at radius 3 is 2.55 bits per heavy atom. The van der Waals surface area contributed by atoms with Crippen LogP contribution in [0.3, 0.4) is 0 Å². The monoisotopic (exact) mass is 557 g/mol. The van der Waals surface area contributed by atoms with Gasteiger partial charge in [0.1, 0.15) is 11.5 Å². The minimum Gasteiger partial charge on any atom is -0.397 e. The molecule has 0 aliphatic rings. The van der Waals surface area contributed by atoms with E-state index < -0.39 is 6.04 Å². The summed E-state index contributed by atoms with van der Waals surface area (Å²) in [6.45, 7) is 7.73. The largest absolute Gasteiger partial charge is 0.397 e. The number of aryl methyl sites for hydroxylation is 1. The summed E-state index contributed by atoms with van der Waals surface area (Å²) in [4.78, 5) is 26.1. The number of carbonyl (C=O) groups is 1. The van der Waals surface area contributed by atoms with Gasteiger partial charge in [-0.3, -0.25) is 14.8 Å². The Bertz CT molecular complexity index is 1740. The first-order chi connectivity index (χ1) is 20.3. The second kappa shape index (κ2) is 13.9. The van der Waals surface area contributed by atoms with Crippen LogP contribution >= 0.6 is 0 Å². The summed E-state index contributed by atoms with van der Waals surface area (Å²) < 4.78 is 0. The highest BCUT2D eigenvalue weighted by atomic mass is 16.2. The van der Waals surface area contributed by atoms with Crippen LogP contribution in [0.4, 0.5) is 5.82 Å². The van der Waals surface area contributed by atoms with Crippen molar-refractivity contribution in [1.82, 2.24) is 25.6 Å². The van der Waals surface area contributed by atoms with Crippen LogP contribution < -0.4 is 21.7 Å². The van der Waals surface area contributed by atoms with Crippen molar-refractivity contribution in [2.24, 2.45) is 5.73 Å². The fourth-order valence-corrected chi connectivity index (χ4v) is 3.96. The summed E-state index contributed by atoms with van der Waals surface area (Å²) in [6.07, 6.45) is 9.18. The number of nitrogens with zero attached hydrogens (tertiary/aromatic N) is 3. The number of hydrogen-bond acceptors (Lipinski definition) is 7. The summed E-state index contributed by atoms with van der Waals surface area (Å²) in [5.41, 5.74) is 13.5. The highest BCUT2D eigenvalue weighted by Gasteiger charge is 2.16. The van der Waals surface area contributed by atoms with Crippen molar-refractivity contribution >= 4 is 34.0 Å². The van der Waals surface area contributed by atoms with E-state index in [-0.39, 0.29) is 5.91 Å². The first-order valence-electron chi connectivity index (χ1n) is 13.6. The lowest BCUT2D eigenvalue weighted by Gasteiger charge is -2.16.